The summed E-state index contributed by atoms with van der Waals surface area (Å²) in [5.41, 5.74) is 7.92. The summed E-state index contributed by atoms with van der Waals surface area (Å²) < 4.78 is 20.9. The summed E-state index contributed by atoms with van der Waals surface area (Å²) in [4.78, 5) is 7.47. The van der Waals surface area contributed by atoms with Crippen molar-refractivity contribution in [2.45, 2.75) is 43.1 Å². The fourth-order valence-electron chi connectivity index (χ4n) is 5.07. The molecule has 5 rings (SSSR count). The Morgan fingerprint density at radius 2 is 1.89 bits per heavy atom. The Hall–Kier alpha value is -3.66. The van der Waals surface area contributed by atoms with E-state index < -0.39 is 0 Å². The van der Waals surface area contributed by atoms with Gasteiger partial charge in [0.1, 0.15) is 24.2 Å². The summed E-state index contributed by atoms with van der Waals surface area (Å²) >= 11 is 1.86. The molecule has 0 saturated heterocycles. The van der Waals surface area contributed by atoms with Crippen LogP contribution in [0.25, 0.3) is 11.1 Å². The molecular weight excluding hydrogens is 493 g/mol. The minimum absolute atomic E-state index is 0.179. The summed E-state index contributed by atoms with van der Waals surface area (Å²) in [6.07, 6.45) is 5.23. The molecule has 0 spiro atoms. The molecular formula is C32H30FN3OS. The van der Waals surface area contributed by atoms with E-state index in [4.69, 9.17) is 4.74 Å². The number of thioether (sulfide) groups is 1. The smallest absolute Gasteiger partial charge is 0.131 e. The van der Waals surface area contributed by atoms with E-state index in [-0.39, 0.29) is 5.82 Å². The first-order chi connectivity index (χ1) is 18.4. The largest absolute Gasteiger partial charge is 0.488 e. The van der Waals surface area contributed by atoms with Gasteiger partial charge in [0.25, 0.3) is 0 Å². The number of aromatic nitrogens is 1. The van der Waals surface area contributed by atoms with Gasteiger partial charge in [0, 0.05) is 45.8 Å². The normalized spacial score (nSPS) is 14.4. The monoisotopic (exact) mass is 523 g/mol. The topological polar surface area (TPSA) is 49.1 Å². The van der Waals surface area contributed by atoms with Gasteiger partial charge in [0.15, 0.2) is 0 Å². The van der Waals surface area contributed by atoms with E-state index in [1.54, 1.807) is 18.5 Å². The lowest BCUT2D eigenvalue weighted by Crippen LogP contribution is -2.12. The molecule has 0 fully saturated rings. The van der Waals surface area contributed by atoms with Gasteiger partial charge in [0.05, 0.1) is 5.56 Å². The summed E-state index contributed by atoms with van der Waals surface area (Å²) in [6, 6.07) is 21.6. The summed E-state index contributed by atoms with van der Waals surface area (Å²) in [6.45, 7) is 3.25. The highest BCUT2D eigenvalue weighted by Gasteiger charge is 2.27. The van der Waals surface area contributed by atoms with E-state index in [1.165, 1.54) is 27.7 Å². The van der Waals surface area contributed by atoms with E-state index in [9.17, 15) is 9.65 Å². The lowest BCUT2D eigenvalue weighted by atomic mass is 9.96. The Morgan fingerprint density at radius 3 is 2.68 bits per heavy atom. The van der Waals surface area contributed by atoms with Gasteiger partial charge in [-0.1, -0.05) is 36.4 Å². The number of halogens is 1. The summed E-state index contributed by atoms with van der Waals surface area (Å²) in [5, 5.41) is 9.49. The first-order valence-corrected chi connectivity index (χ1v) is 13.6. The molecule has 38 heavy (non-hydrogen) atoms. The van der Waals surface area contributed by atoms with Crippen LogP contribution in [-0.4, -0.2) is 24.0 Å². The maximum absolute atomic E-state index is 14.6. The molecule has 3 aromatic carbocycles. The Labute approximate surface area is 228 Å². The molecule has 1 atom stereocenters. The number of pyridine rings is 1. The number of nitriles is 1. The van der Waals surface area contributed by atoms with Crippen LogP contribution in [-0.2, 0) is 19.6 Å². The minimum atomic E-state index is -0.179. The van der Waals surface area contributed by atoms with E-state index >= 15 is 0 Å². The first-order valence-electron chi connectivity index (χ1n) is 12.7. The number of aryl methyl sites for hydroxylation is 1. The zero-order chi connectivity index (χ0) is 26.6. The molecule has 4 aromatic rings. The van der Waals surface area contributed by atoms with E-state index in [2.05, 4.69) is 41.1 Å². The predicted molar refractivity (Wildman–Crippen MR) is 151 cm³/mol. The second-order valence-corrected chi connectivity index (χ2v) is 11.2. The van der Waals surface area contributed by atoms with E-state index in [0.29, 0.717) is 23.0 Å². The van der Waals surface area contributed by atoms with Crippen molar-refractivity contribution < 1.29 is 9.13 Å². The number of hydrogen-bond acceptors (Lipinski definition) is 5. The van der Waals surface area contributed by atoms with Crippen molar-refractivity contribution in [2.24, 2.45) is 0 Å². The van der Waals surface area contributed by atoms with Crippen LogP contribution in [0.5, 0.6) is 5.75 Å². The van der Waals surface area contributed by atoms with Crippen LogP contribution in [0.4, 0.5) is 4.39 Å². The van der Waals surface area contributed by atoms with Gasteiger partial charge in [-0.2, -0.15) is 5.26 Å². The molecule has 4 nitrogen and oxygen atoms in total. The van der Waals surface area contributed by atoms with Crippen LogP contribution < -0.4 is 4.74 Å². The lowest BCUT2D eigenvalue weighted by molar-refractivity contribution is 0.294. The number of fused-ring (bicyclic) bond motifs is 1. The van der Waals surface area contributed by atoms with Gasteiger partial charge in [-0.3, -0.25) is 4.98 Å². The molecule has 0 aliphatic heterocycles. The van der Waals surface area contributed by atoms with Crippen LogP contribution in [0.3, 0.4) is 0 Å². The Morgan fingerprint density at radius 1 is 1.08 bits per heavy atom. The number of hydrogen-bond donors (Lipinski definition) is 0. The van der Waals surface area contributed by atoms with Gasteiger partial charge in [-0.25, -0.2) is 4.39 Å². The Bertz CT molecular complexity index is 1510. The third kappa shape index (κ3) is 5.60. The number of rotatable bonds is 8. The van der Waals surface area contributed by atoms with Crippen LogP contribution in [0.2, 0.25) is 0 Å². The molecule has 0 unspecified atom stereocenters. The second-order valence-electron chi connectivity index (χ2n) is 9.94. The molecule has 0 amide bonds. The molecule has 0 bridgehead atoms. The summed E-state index contributed by atoms with van der Waals surface area (Å²) in [7, 11) is 4.09. The molecule has 192 valence electrons. The highest BCUT2D eigenvalue weighted by atomic mass is 32.2. The standard InChI is InChI=1S/C32H30FN3OS/c1-21-13-24(19-36(2)3)30(37-20-23-14-22(16-34)17-35-18-23)15-32(21)38-31-12-11-26-25(8-6-9-28(26)31)27-7-4-5-10-29(27)33/h4-10,13-15,17-18,31H,11-12,19-20H2,1-3H3/t31-/m0/s1. The molecule has 0 N–H and O–H groups in total. The number of benzene rings is 3. The quantitative estimate of drug-likeness (QED) is 0.239. The number of ether oxygens (including phenoxy) is 1. The fraction of sp³-hybridized carbons (Fsp3) is 0.250. The van der Waals surface area contributed by atoms with Crippen molar-refractivity contribution in [3.63, 3.8) is 0 Å². The van der Waals surface area contributed by atoms with Gasteiger partial charge >= 0.3 is 0 Å². The third-order valence-corrected chi connectivity index (χ3v) is 8.28. The average molecular weight is 524 g/mol. The molecule has 6 heteroatoms. The highest BCUT2D eigenvalue weighted by molar-refractivity contribution is 7.99. The number of nitrogens with zero attached hydrogens (tertiary/aromatic N) is 3. The van der Waals surface area contributed by atoms with Crippen molar-refractivity contribution in [1.82, 2.24) is 9.88 Å². The van der Waals surface area contributed by atoms with Gasteiger partial charge in [0.2, 0.25) is 0 Å². The van der Waals surface area contributed by atoms with Crippen molar-refractivity contribution in [2.75, 3.05) is 14.1 Å². The zero-order valence-corrected chi connectivity index (χ0v) is 22.7. The lowest BCUT2D eigenvalue weighted by Gasteiger charge is -2.20. The Kier molecular flexibility index (Phi) is 7.78. The van der Waals surface area contributed by atoms with Crippen LogP contribution in [0.1, 0.15) is 45.1 Å². The van der Waals surface area contributed by atoms with Crippen molar-refractivity contribution in [1.29, 1.82) is 5.26 Å². The van der Waals surface area contributed by atoms with Gasteiger partial charge < -0.3 is 9.64 Å². The predicted octanol–water partition coefficient (Wildman–Crippen LogP) is 7.49. The maximum Gasteiger partial charge on any atom is 0.131 e. The SMILES string of the molecule is Cc1cc(CN(C)C)c(OCc2cncc(C#N)c2)cc1S[C@H]1CCc2c(-c3ccccc3F)cccc21. The van der Waals surface area contributed by atoms with E-state index in [0.717, 1.165) is 41.8 Å². The van der Waals surface area contributed by atoms with E-state index in [1.807, 2.05) is 56.2 Å². The summed E-state index contributed by atoms with van der Waals surface area (Å²) in [5.74, 6) is 0.661. The van der Waals surface area contributed by atoms with Crippen molar-refractivity contribution >= 4 is 11.8 Å². The molecule has 1 aliphatic rings. The van der Waals surface area contributed by atoms with Crippen LogP contribution >= 0.6 is 11.8 Å². The highest BCUT2D eigenvalue weighted by Crippen LogP contribution is 2.49. The van der Waals surface area contributed by atoms with Crippen molar-refractivity contribution in [3.05, 3.63) is 112 Å². The Balaban J connectivity index is 1.43. The zero-order valence-electron chi connectivity index (χ0n) is 21.9. The second kappa shape index (κ2) is 11.4. The van der Waals surface area contributed by atoms with Crippen molar-refractivity contribution in [3.8, 4) is 22.9 Å². The minimum Gasteiger partial charge on any atom is -0.488 e. The molecule has 1 aliphatic carbocycles. The van der Waals surface area contributed by atoms with Crippen LogP contribution in [0, 0.1) is 24.1 Å². The molecule has 1 aromatic heterocycles. The van der Waals surface area contributed by atoms with Gasteiger partial charge in [-0.05, 0) is 80.4 Å². The first kappa shape index (κ1) is 26.0. The molecule has 0 radical (unpaired) electrons. The maximum atomic E-state index is 14.6. The fourth-order valence-corrected chi connectivity index (χ4v) is 6.38. The molecule has 0 saturated carbocycles. The molecule has 1 heterocycles. The third-order valence-electron chi connectivity index (χ3n) is 6.81. The van der Waals surface area contributed by atoms with Gasteiger partial charge in [-0.15, -0.1) is 11.8 Å². The average Bonchev–Trinajstić information content (AvgIpc) is 3.32. The van der Waals surface area contributed by atoms with Crippen LogP contribution in [0.15, 0.2) is 78.0 Å².